The number of amides is 6. The Kier molecular flexibility index (Phi) is 15.4. The van der Waals surface area contributed by atoms with Gasteiger partial charge in [-0.2, -0.15) is 0 Å². The van der Waals surface area contributed by atoms with E-state index in [-0.39, 0.29) is 19.3 Å². The minimum absolute atomic E-state index is 0.211. The summed E-state index contributed by atoms with van der Waals surface area (Å²) in [7, 11) is 0. The maximum absolute atomic E-state index is 14.5. The summed E-state index contributed by atoms with van der Waals surface area (Å²) in [5, 5.41) is 46.7. The molecule has 1 saturated heterocycles. The molecule has 21 heteroatoms. The Hall–Kier alpha value is -8.49. The molecule has 3 aromatic carbocycles. The minimum atomic E-state index is -1.63. The maximum atomic E-state index is 14.5. The molecular formula is C48H51N9O12. The summed E-state index contributed by atoms with van der Waals surface area (Å²) in [6.45, 7) is 0. The fraction of sp³-hybridized carbons (Fsp3) is 0.312. The van der Waals surface area contributed by atoms with E-state index in [4.69, 9.17) is 0 Å². The number of carbonyl (C=O) groups excluding carboxylic acids is 6. The minimum Gasteiger partial charge on any atom is -0.481 e. The number of aliphatic carboxylic acids is 3. The lowest BCUT2D eigenvalue weighted by Crippen LogP contribution is -2.62. The zero-order valence-electron chi connectivity index (χ0n) is 37.0. The second kappa shape index (κ2) is 21.9. The fourth-order valence-electron chi connectivity index (χ4n) is 8.43. The third kappa shape index (κ3) is 12.3. The van der Waals surface area contributed by atoms with Gasteiger partial charge >= 0.3 is 17.9 Å². The first-order chi connectivity index (χ1) is 33.1. The number of aromatic nitrogens is 3. The van der Waals surface area contributed by atoms with Crippen molar-refractivity contribution in [1.29, 1.82) is 0 Å². The van der Waals surface area contributed by atoms with Gasteiger partial charge in [0.05, 0.1) is 0 Å². The quantitative estimate of drug-likeness (QED) is 0.0700. The van der Waals surface area contributed by atoms with Crippen LogP contribution in [0, 0.1) is 0 Å². The molecule has 0 unspecified atom stereocenters. The molecule has 69 heavy (non-hydrogen) atoms. The van der Waals surface area contributed by atoms with Crippen LogP contribution in [-0.2, 0) is 62.4 Å². The van der Waals surface area contributed by atoms with Gasteiger partial charge < -0.3 is 62.2 Å². The number of aromatic amines is 3. The van der Waals surface area contributed by atoms with Gasteiger partial charge in [-0.1, -0.05) is 54.6 Å². The predicted octanol–water partition coefficient (Wildman–Crippen LogP) is 1.68. The van der Waals surface area contributed by atoms with Gasteiger partial charge in [-0.15, -0.1) is 0 Å². The lowest BCUT2D eigenvalue weighted by molar-refractivity contribution is -0.139. The zero-order valence-corrected chi connectivity index (χ0v) is 37.0. The van der Waals surface area contributed by atoms with Crippen LogP contribution in [0.1, 0.15) is 55.2 Å². The van der Waals surface area contributed by atoms with Crippen molar-refractivity contribution in [2.24, 2.45) is 0 Å². The van der Waals surface area contributed by atoms with Crippen molar-refractivity contribution < 1.29 is 58.5 Å². The van der Waals surface area contributed by atoms with Crippen LogP contribution in [0.4, 0.5) is 0 Å². The summed E-state index contributed by atoms with van der Waals surface area (Å²) in [5.41, 5.74) is 3.70. The van der Waals surface area contributed by atoms with Crippen molar-refractivity contribution in [2.45, 2.75) is 94.0 Å². The first kappa shape index (κ1) is 48.4. The van der Waals surface area contributed by atoms with Crippen LogP contribution in [0.3, 0.4) is 0 Å². The zero-order chi connectivity index (χ0) is 49.2. The summed E-state index contributed by atoms with van der Waals surface area (Å²) >= 11 is 0. The van der Waals surface area contributed by atoms with Gasteiger partial charge in [0, 0.05) is 89.8 Å². The number of rotatable bonds is 15. The number of carbonyl (C=O) groups is 9. The van der Waals surface area contributed by atoms with Gasteiger partial charge in [0.2, 0.25) is 35.4 Å². The van der Waals surface area contributed by atoms with Crippen LogP contribution in [0.25, 0.3) is 32.7 Å². The molecule has 0 spiro atoms. The van der Waals surface area contributed by atoms with E-state index in [1.54, 1.807) is 91.4 Å². The van der Waals surface area contributed by atoms with Crippen molar-refractivity contribution in [2.75, 3.05) is 0 Å². The molecule has 360 valence electrons. The Bertz CT molecular complexity index is 2610. The van der Waals surface area contributed by atoms with Crippen LogP contribution in [0.2, 0.25) is 0 Å². The lowest BCUT2D eigenvalue weighted by atomic mass is 10.00. The van der Waals surface area contributed by atoms with Gasteiger partial charge in [-0.05, 0) is 54.2 Å². The highest BCUT2D eigenvalue weighted by atomic mass is 16.4. The Morgan fingerprint density at radius 2 is 0.594 bits per heavy atom. The average molecular weight is 946 g/mol. The van der Waals surface area contributed by atoms with Gasteiger partial charge in [-0.3, -0.25) is 43.2 Å². The van der Waals surface area contributed by atoms with E-state index >= 15 is 0 Å². The normalized spacial score (nSPS) is 21.0. The highest BCUT2D eigenvalue weighted by Gasteiger charge is 2.36. The Morgan fingerprint density at radius 3 is 0.855 bits per heavy atom. The molecule has 7 rings (SSSR count). The SMILES string of the molecule is O=C(O)CC[C@H]1NC(=O)[C@H](Cc2c[nH]c3ccccc23)NC(=O)[C@@H](CCC(=O)O)NC(=O)[C@H](Cc2c[nH]c3ccccc23)NC(=O)[C@@H](CCC(=O)O)NC(=O)[C@H](Cc2c[nH]c3ccccc23)NC1=O. The molecule has 3 aromatic heterocycles. The Labute approximate surface area is 392 Å². The number of hydrogen-bond acceptors (Lipinski definition) is 9. The molecule has 0 bridgehead atoms. The van der Waals surface area contributed by atoms with E-state index in [0.29, 0.717) is 49.4 Å². The molecule has 12 N–H and O–H groups in total. The van der Waals surface area contributed by atoms with Crippen LogP contribution in [-0.4, -0.2) is 120 Å². The molecule has 0 radical (unpaired) electrons. The highest BCUT2D eigenvalue weighted by molar-refractivity contribution is 5.99. The number of carboxylic acids is 3. The second-order valence-corrected chi connectivity index (χ2v) is 16.9. The predicted molar refractivity (Wildman–Crippen MR) is 248 cm³/mol. The van der Waals surface area contributed by atoms with Gasteiger partial charge in [-0.25, -0.2) is 0 Å². The Morgan fingerprint density at radius 1 is 0.362 bits per heavy atom. The van der Waals surface area contributed by atoms with Crippen molar-refractivity contribution in [3.8, 4) is 0 Å². The molecule has 1 fully saturated rings. The largest absolute Gasteiger partial charge is 0.481 e. The average Bonchev–Trinajstić information content (AvgIpc) is 4.06. The molecule has 0 aliphatic carbocycles. The summed E-state index contributed by atoms with van der Waals surface area (Å²) in [4.78, 5) is 132. The first-order valence-corrected chi connectivity index (χ1v) is 22.3. The molecule has 6 aromatic rings. The standard InChI is InChI=1S/C48H51N9O12/c58-40(59)16-13-34-43(64)55-37(19-25-22-49-31-10-4-1-7-28(25)31)46(67)52-35(14-17-41(60)61)44(65)56-39(21-27-24-51-33-12-6-3-9-30(27)33)48(69)54-36(15-18-42(62)63)45(66)57-38(47(68)53-34)20-26-23-50-32-11-5-2-8-29(26)32/h1-12,22-24,34-39,49-51H,13-21H2,(H,52,67)(H,53,68)(H,54,69)(H,55,64)(H,56,65)(H,57,66)(H,58,59)(H,60,61)(H,62,63)/t34-,35-,36-,37+,38+,39+/m1/s1. The van der Waals surface area contributed by atoms with Crippen LogP contribution < -0.4 is 31.9 Å². The fourth-order valence-corrected chi connectivity index (χ4v) is 8.43. The number of carboxylic acid groups (broad SMARTS) is 3. The second-order valence-electron chi connectivity index (χ2n) is 16.9. The molecule has 4 heterocycles. The third-order valence-electron chi connectivity index (χ3n) is 12.0. The van der Waals surface area contributed by atoms with Crippen molar-refractivity contribution in [1.82, 2.24) is 46.9 Å². The molecule has 1 aliphatic heterocycles. The number of H-pyrrole nitrogens is 3. The summed E-state index contributed by atoms with van der Waals surface area (Å²) < 4.78 is 0. The molecule has 21 nitrogen and oxygen atoms in total. The third-order valence-corrected chi connectivity index (χ3v) is 12.0. The number of hydrogen-bond donors (Lipinski definition) is 12. The molecule has 6 atom stereocenters. The van der Waals surface area contributed by atoms with Crippen molar-refractivity contribution in [3.63, 3.8) is 0 Å². The number of fused-ring (bicyclic) bond motifs is 3. The number of benzene rings is 3. The highest BCUT2D eigenvalue weighted by Crippen LogP contribution is 2.23. The Balaban J connectivity index is 1.31. The van der Waals surface area contributed by atoms with E-state index in [2.05, 4.69) is 46.9 Å². The van der Waals surface area contributed by atoms with E-state index in [1.165, 1.54) is 0 Å². The first-order valence-electron chi connectivity index (χ1n) is 22.3. The smallest absolute Gasteiger partial charge is 0.303 e. The lowest BCUT2D eigenvalue weighted by Gasteiger charge is -2.29. The van der Waals surface area contributed by atoms with E-state index in [0.717, 1.165) is 0 Å². The molecular weight excluding hydrogens is 895 g/mol. The van der Waals surface area contributed by atoms with Crippen molar-refractivity contribution >= 4 is 86.1 Å². The molecule has 6 amide bonds. The van der Waals surface area contributed by atoms with Crippen LogP contribution in [0.15, 0.2) is 91.4 Å². The maximum Gasteiger partial charge on any atom is 0.303 e. The van der Waals surface area contributed by atoms with Crippen LogP contribution in [0.5, 0.6) is 0 Å². The number of nitrogens with one attached hydrogen (secondary N) is 9. The van der Waals surface area contributed by atoms with E-state index < -0.39 is 128 Å². The summed E-state index contributed by atoms with van der Waals surface area (Å²) in [5.74, 6) is -9.83. The topological polar surface area (TPSA) is 334 Å². The molecule has 0 saturated carbocycles. The molecule has 1 aliphatic rings. The van der Waals surface area contributed by atoms with Crippen molar-refractivity contribution in [3.05, 3.63) is 108 Å². The van der Waals surface area contributed by atoms with Gasteiger partial charge in [0.1, 0.15) is 36.3 Å². The summed E-state index contributed by atoms with van der Waals surface area (Å²) in [6, 6.07) is 11.8. The van der Waals surface area contributed by atoms with E-state index in [1.807, 2.05) is 0 Å². The number of para-hydroxylation sites is 3. The van der Waals surface area contributed by atoms with Gasteiger partial charge in [0.25, 0.3) is 0 Å². The van der Waals surface area contributed by atoms with Crippen LogP contribution >= 0.6 is 0 Å². The summed E-state index contributed by atoms with van der Waals surface area (Å²) in [6.07, 6.45) is 0.872. The monoisotopic (exact) mass is 945 g/mol. The van der Waals surface area contributed by atoms with E-state index in [9.17, 15) is 58.5 Å². The van der Waals surface area contributed by atoms with Gasteiger partial charge in [0.15, 0.2) is 0 Å².